The fourth-order valence-corrected chi connectivity index (χ4v) is 1.97. The molecular weight excluding hydrogens is 230 g/mol. The highest BCUT2D eigenvalue weighted by molar-refractivity contribution is 6.21. The standard InChI is InChI=1S/C14H15NO3/c1-9(10(2)16)7-8-15-13(17)11-5-3-4-6-12(11)14(15)18/h3-6,9H,7-8H2,1-2H3. The molecule has 0 fully saturated rings. The number of carbonyl (C=O) groups excluding carboxylic acids is 3. The van der Waals surface area contributed by atoms with E-state index in [9.17, 15) is 14.4 Å². The van der Waals surface area contributed by atoms with Crippen molar-refractivity contribution in [2.45, 2.75) is 20.3 Å². The second-order valence-electron chi connectivity index (χ2n) is 4.61. The van der Waals surface area contributed by atoms with Gasteiger partial charge in [0.2, 0.25) is 0 Å². The molecule has 0 N–H and O–H groups in total. The van der Waals surface area contributed by atoms with E-state index in [1.807, 2.05) is 0 Å². The van der Waals surface area contributed by atoms with Crippen LogP contribution in [0.4, 0.5) is 0 Å². The van der Waals surface area contributed by atoms with Gasteiger partial charge in [-0.05, 0) is 25.5 Å². The molecule has 18 heavy (non-hydrogen) atoms. The summed E-state index contributed by atoms with van der Waals surface area (Å²) in [6, 6.07) is 6.80. The van der Waals surface area contributed by atoms with Gasteiger partial charge in [-0.25, -0.2) is 0 Å². The van der Waals surface area contributed by atoms with Crippen molar-refractivity contribution in [3.63, 3.8) is 0 Å². The van der Waals surface area contributed by atoms with Crippen LogP contribution in [0.15, 0.2) is 24.3 Å². The number of ketones is 1. The van der Waals surface area contributed by atoms with Gasteiger partial charge in [0.25, 0.3) is 11.8 Å². The van der Waals surface area contributed by atoms with Gasteiger partial charge < -0.3 is 0 Å². The molecule has 0 aromatic heterocycles. The van der Waals surface area contributed by atoms with Crippen molar-refractivity contribution in [1.29, 1.82) is 0 Å². The van der Waals surface area contributed by atoms with E-state index in [4.69, 9.17) is 0 Å². The second kappa shape index (κ2) is 4.72. The first-order valence-corrected chi connectivity index (χ1v) is 5.98. The number of fused-ring (bicyclic) bond motifs is 1. The van der Waals surface area contributed by atoms with Gasteiger partial charge in [-0.2, -0.15) is 0 Å². The maximum absolute atomic E-state index is 12.0. The van der Waals surface area contributed by atoms with Crippen LogP contribution < -0.4 is 0 Å². The third-order valence-electron chi connectivity index (χ3n) is 3.36. The van der Waals surface area contributed by atoms with Crippen LogP contribution in [0.1, 0.15) is 41.0 Å². The van der Waals surface area contributed by atoms with Crippen LogP contribution in [0.3, 0.4) is 0 Å². The van der Waals surface area contributed by atoms with Gasteiger partial charge in [0.15, 0.2) is 0 Å². The van der Waals surface area contributed by atoms with Crippen molar-refractivity contribution in [3.05, 3.63) is 35.4 Å². The lowest BCUT2D eigenvalue weighted by atomic mass is 10.0. The van der Waals surface area contributed by atoms with Gasteiger partial charge in [-0.3, -0.25) is 19.3 Å². The Hall–Kier alpha value is -1.97. The van der Waals surface area contributed by atoms with Crippen LogP contribution >= 0.6 is 0 Å². The molecular formula is C14H15NO3. The molecule has 0 aliphatic carbocycles. The minimum absolute atomic E-state index is 0.0756. The van der Waals surface area contributed by atoms with Crippen molar-refractivity contribution in [3.8, 4) is 0 Å². The monoisotopic (exact) mass is 245 g/mol. The van der Waals surface area contributed by atoms with Crippen molar-refractivity contribution >= 4 is 17.6 Å². The van der Waals surface area contributed by atoms with Gasteiger partial charge in [-0.1, -0.05) is 19.1 Å². The first-order valence-electron chi connectivity index (χ1n) is 5.98. The van der Waals surface area contributed by atoms with E-state index >= 15 is 0 Å². The molecule has 4 heteroatoms. The molecule has 1 aliphatic rings. The van der Waals surface area contributed by atoms with Crippen molar-refractivity contribution in [1.82, 2.24) is 4.90 Å². The fourth-order valence-electron chi connectivity index (χ4n) is 1.97. The Morgan fingerprint density at radius 1 is 1.17 bits per heavy atom. The van der Waals surface area contributed by atoms with Crippen molar-refractivity contribution in [2.24, 2.45) is 5.92 Å². The predicted octanol–water partition coefficient (Wildman–Crippen LogP) is 1.90. The number of amides is 2. The summed E-state index contributed by atoms with van der Waals surface area (Å²) in [6.07, 6.45) is 0.515. The first-order chi connectivity index (χ1) is 8.52. The molecule has 0 bridgehead atoms. The van der Waals surface area contributed by atoms with Gasteiger partial charge in [0.05, 0.1) is 11.1 Å². The highest BCUT2D eigenvalue weighted by Gasteiger charge is 2.34. The van der Waals surface area contributed by atoms with Crippen LogP contribution in [0.25, 0.3) is 0 Å². The van der Waals surface area contributed by atoms with Gasteiger partial charge in [0.1, 0.15) is 5.78 Å². The molecule has 4 nitrogen and oxygen atoms in total. The molecule has 1 aliphatic heterocycles. The Labute approximate surface area is 106 Å². The molecule has 0 spiro atoms. The lowest BCUT2D eigenvalue weighted by Crippen LogP contribution is -2.32. The van der Waals surface area contributed by atoms with Crippen molar-refractivity contribution < 1.29 is 14.4 Å². The summed E-state index contributed by atoms with van der Waals surface area (Å²) in [5, 5.41) is 0. The number of nitrogens with zero attached hydrogens (tertiary/aromatic N) is 1. The Kier molecular flexibility index (Phi) is 3.28. The van der Waals surface area contributed by atoms with E-state index in [0.29, 0.717) is 24.1 Å². The highest BCUT2D eigenvalue weighted by Crippen LogP contribution is 2.23. The van der Waals surface area contributed by atoms with E-state index in [0.717, 1.165) is 0 Å². The average molecular weight is 245 g/mol. The molecule has 1 unspecified atom stereocenters. The zero-order valence-electron chi connectivity index (χ0n) is 10.5. The molecule has 2 amide bonds. The predicted molar refractivity (Wildman–Crippen MR) is 66.3 cm³/mol. The van der Waals surface area contributed by atoms with E-state index < -0.39 is 0 Å². The summed E-state index contributed by atoms with van der Waals surface area (Å²) < 4.78 is 0. The molecule has 2 rings (SSSR count). The summed E-state index contributed by atoms with van der Waals surface area (Å²) >= 11 is 0. The summed E-state index contributed by atoms with van der Waals surface area (Å²) in [4.78, 5) is 36.4. The number of carbonyl (C=O) groups is 3. The van der Waals surface area contributed by atoms with Gasteiger partial charge in [-0.15, -0.1) is 0 Å². The molecule has 1 atom stereocenters. The third-order valence-corrected chi connectivity index (χ3v) is 3.36. The Bertz CT molecular complexity index is 487. The normalized spacial score (nSPS) is 15.8. The van der Waals surface area contributed by atoms with E-state index in [1.54, 1.807) is 31.2 Å². The number of hydrogen-bond donors (Lipinski definition) is 0. The van der Waals surface area contributed by atoms with Crippen molar-refractivity contribution in [2.75, 3.05) is 6.54 Å². The van der Waals surface area contributed by atoms with Gasteiger partial charge >= 0.3 is 0 Å². The summed E-state index contributed by atoms with van der Waals surface area (Å²) in [7, 11) is 0. The Balaban J connectivity index is 2.12. The molecule has 1 heterocycles. The fraction of sp³-hybridized carbons (Fsp3) is 0.357. The molecule has 1 aromatic rings. The van der Waals surface area contributed by atoms with Gasteiger partial charge in [0, 0.05) is 12.5 Å². The number of benzene rings is 1. The van der Waals surface area contributed by atoms with E-state index in [-0.39, 0.29) is 23.5 Å². The number of Topliss-reactive ketones (excluding diaryl/α,β-unsaturated/α-hetero) is 1. The SMILES string of the molecule is CC(=O)C(C)CCN1C(=O)c2ccccc2C1=O. The minimum atomic E-state index is -0.258. The Morgan fingerprint density at radius 2 is 1.67 bits per heavy atom. The number of imide groups is 1. The summed E-state index contributed by atoms with van der Waals surface area (Å²) in [5.41, 5.74) is 0.913. The van der Waals surface area contributed by atoms with Crippen LogP contribution in [-0.4, -0.2) is 29.0 Å². The first kappa shape index (κ1) is 12.5. The van der Waals surface area contributed by atoms with E-state index in [2.05, 4.69) is 0 Å². The molecule has 0 radical (unpaired) electrons. The lowest BCUT2D eigenvalue weighted by molar-refractivity contribution is -0.120. The summed E-state index contributed by atoms with van der Waals surface area (Å²) in [6.45, 7) is 3.63. The number of rotatable bonds is 4. The van der Waals surface area contributed by atoms with Crippen LogP contribution in [-0.2, 0) is 4.79 Å². The summed E-state index contributed by atoms with van der Waals surface area (Å²) in [5.74, 6) is -0.571. The molecule has 94 valence electrons. The lowest BCUT2D eigenvalue weighted by Gasteiger charge is -2.15. The van der Waals surface area contributed by atoms with Crippen LogP contribution in [0.2, 0.25) is 0 Å². The molecule has 1 aromatic carbocycles. The van der Waals surface area contributed by atoms with Crippen LogP contribution in [0, 0.1) is 5.92 Å². The smallest absolute Gasteiger partial charge is 0.261 e. The third kappa shape index (κ3) is 2.06. The van der Waals surface area contributed by atoms with E-state index in [1.165, 1.54) is 11.8 Å². The zero-order chi connectivity index (χ0) is 13.3. The largest absolute Gasteiger partial charge is 0.300 e. The second-order valence-corrected chi connectivity index (χ2v) is 4.61. The highest BCUT2D eigenvalue weighted by atomic mass is 16.2. The number of hydrogen-bond acceptors (Lipinski definition) is 3. The van der Waals surface area contributed by atoms with Crippen LogP contribution in [0.5, 0.6) is 0 Å². The maximum atomic E-state index is 12.0. The maximum Gasteiger partial charge on any atom is 0.261 e. The zero-order valence-corrected chi connectivity index (χ0v) is 10.5. The average Bonchev–Trinajstić information content (AvgIpc) is 2.60. The molecule has 0 saturated heterocycles. The Morgan fingerprint density at radius 3 is 2.11 bits per heavy atom. The quantitative estimate of drug-likeness (QED) is 0.761. The topological polar surface area (TPSA) is 54.5 Å². The molecule has 0 saturated carbocycles. The minimum Gasteiger partial charge on any atom is -0.300 e.